The Morgan fingerprint density at radius 2 is 2.07 bits per heavy atom. The van der Waals surface area contributed by atoms with E-state index < -0.39 is 0 Å². The van der Waals surface area contributed by atoms with Gasteiger partial charge in [-0.3, -0.25) is 0 Å². The van der Waals surface area contributed by atoms with E-state index in [1.54, 1.807) is 0 Å². The van der Waals surface area contributed by atoms with Crippen molar-refractivity contribution in [1.82, 2.24) is 4.90 Å². The van der Waals surface area contributed by atoms with E-state index >= 15 is 0 Å². The molecule has 0 saturated carbocycles. The highest BCUT2D eigenvalue weighted by molar-refractivity contribution is 5.61. The topological polar surface area (TPSA) is 3.24 Å². The van der Waals surface area contributed by atoms with Gasteiger partial charge in [-0.15, -0.1) is 0 Å². The molecular weight excluding hydrogens is 170 g/mol. The summed E-state index contributed by atoms with van der Waals surface area (Å²) < 4.78 is 0. The van der Waals surface area contributed by atoms with Gasteiger partial charge in [-0.2, -0.15) is 0 Å². The smallest absolute Gasteiger partial charge is 0.0366 e. The van der Waals surface area contributed by atoms with Gasteiger partial charge >= 0.3 is 0 Å². The van der Waals surface area contributed by atoms with E-state index in [9.17, 15) is 0 Å². The molecule has 1 atom stereocenters. The number of benzene rings is 1. The van der Waals surface area contributed by atoms with E-state index in [0.29, 0.717) is 0 Å². The van der Waals surface area contributed by atoms with E-state index in [-0.39, 0.29) is 0 Å². The van der Waals surface area contributed by atoms with Gasteiger partial charge in [0.1, 0.15) is 0 Å². The van der Waals surface area contributed by atoms with Gasteiger partial charge in [0.25, 0.3) is 0 Å². The summed E-state index contributed by atoms with van der Waals surface area (Å²) >= 11 is 0. The number of hydrogen-bond donors (Lipinski definition) is 0. The van der Waals surface area contributed by atoms with Crippen LogP contribution in [0.3, 0.4) is 0 Å². The summed E-state index contributed by atoms with van der Waals surface area (Å²) in [7, 11) is 0. The minimum absolute atomic E-state index is 0.815. The molecule has 1 aliphatic heterocycles. The fraction of sp³-hybridized carbons (Fsp3) is 0.385. The Labute approximate surface area is 86.1 Å². The standard InChI is InChI=1S/C13H17N/c1-11-8-9-14(10-11)12(2)13-6-4-3-5-7-13/h3-7,11H,2,8-10H2,1H3/t11-/m1/s1. The molecule has 2 rings (SSSR count). The molecule has 0 bridgehead atoms. The third-order valence-electron chi connectivity index (χ3n) is 2.91. The molecule has 1 heterocycles. The van der Waals surface area contributed by atoms with Gasteiger partial charge in [-0.1, -0.05) is 43.8 Å². The first kappa shape index (κ1) is 9.32. The average molecular weight is 187 g/mol. The van der Waals surface area contributed by atoms with Crippen LogP contribution in [0.5, 0.6) is 0 Å². The Hall–Kier alpha value is -1.24. The Morgan fingerprint density at radius 3 is 2.64 bits per heavy atom. The Kier molecular flexibility index (Phi) is 2.58. The normalized spacial score (nSPS) is 21.2. The third-order valence-corrected chi connectivity index (χ3v) is 2.91. The van der Waals surface area contributed by atoms with Crippen molar-refractivity contribution in [3.05, 3.63) is 42.5 Å². The highest BCUT2D eigenvalue weighted by atomic mass is 15.2. The number of rotatable bonds is 2. The van der Waals surface area contributed by atoms with Crippen molar-refractivity contribution in [1.29, 1.82) is 0 Å². The lowest BCUT2D eigenvalue weighted by Gasteiger charge is -2.20. The van der Waals surface area contributed by atoms with Gasteiger partial charge in [0.05, 0.1) is 0 Å². The van der Waals surface area contributed by atoms with Crippen molar-refractivity contribution in [3.8, 4) is 0 Å². The molecular formula is C13H17N. The molecule has 1 heteroatoms. The minimum atomic E-state index is 0.815. The summed E-state index contributed by atoms with van der Waals surface area (Å²) in [5.41, 5.74) is 2.43. The van der Waals surface area contributed by atoms with Crippen LogP contribution in [-0.4, -0.2) is 18.0 Å². The van der Waals surface area contributed by atoms with Crippen molar-refractivity contribution in [2.75, 3.05) is 13.1 Å². The van der Waals surface area contributed by atoms with Crippen LogP contribution in [0.2, 0.25) is 0 Å². The quantitative estimate of drug-likeness (QED) is 0.688. The molecule has 0 N–H and O–H groups in total. The molecule has 0 aliphatic carbocycles. The average Bonchev–Trinajstić information content (AvgIpc) is 2.65. The summed E-state index contributed by atoms with van der Waals surface area (Å²) in [4.78, 5) is 2.39. The maximum Gasteiger partial charge on any atom is 0.0366 e. The molecule has 1 fully saturated rings. The van der Waals surface area contributed by atoms with Crippen molar-refractivity contribution >= 4 is 5.70 Å². The van der Waals surface area contributed by atoms with Gasteiger partial charge in [0.2, 0.25) is 0 Å². The SMILES string of the molecule is C=C(c1ccccc1)N1CC[C@@H](C)C1. The van der Waals surface area contributed by atoms with Gasteiger partial charge in [0, 0.05) is 18.8 Å². The Balaban J connectivity index is 2.10. The molecule has 14 heavy (non-hydrogen) atoms. The predicted molar refractivity (Wildman–Crippen MR) is 60.8 cm³/mol. The van der Waals surface area contributed by atoms with Gasteiger partial charge < -0.3 is 4.90 Å². The van der Waals surface area contributed by atoms with Crippen molar-refractivity contribution in [2.45, 2.75) is 13.3 Å². The monoisotopic (exact) mass is 187 g/mol. The van der Waals surface area contributed by atoms with Crippen LogP contribution in [0.25, 0.3) is 5.70 Å². The molecule has 1 aliphatic rings. The zero-order chi connectivity index (χ0) is 9.97. The maximum atomic E-state index is 4.17. The van der Waals surface area contributed by atoms with E-state index in [1.165, 1.54) is 17.7 Å². The van der Waals surface area contributed by atoms with Gasteiger partial charge in [-0.05, 0) is 17.9 Å². The molecule has 0 aromatic heterocycles. The maximum absolute atomic E-state index is 4.17. The fourth-order valence-corrected chi connectivity index (χ4v) is 1.99. The molecule has 1 aromatic carbocycles. The Bertz CT molecular complexity index is 315. The predicted octanol–water partition coefficient (Wildman–Crippen LogP) is 3.00. The molecule has 0 unspecified atom stereocenters. The largest absolute Gasteiger partial charge is 0.371 e. The molecule has 1 saturated heterocycles. The summed E-state index contributed by atoms with van der Waals surface area (Å²) in [6, 6.07) is 10.4. The van der Waals surface area contributed by atoms with Crippen molar-refractivity contribution in [3.63, 3.8) is 0 Å². The lowest BCUT2D eigenvalue weighted by atomic mass is 10.1. The first-order valence-electron chi connectivity index (χ1n) is 5.26. The molecule has 1 aromatic rings. The second-order valence-electron chi connectivity index (χ2n) is 4.15. The Morgan fingerprint density at radius 1 is 1.36 bits per heavy atom. The van der Waals surface area contributed by atoms with Crippen LogP contribution in [0.15, 0.2) is 36.9 Å². The van der Waals surface area contributed by atoms with Crippen LogP contribution in [0.4, 0.5) is 0 Å². The number of likely N-dealkylation sites (tertiary alicyclic amines) is 1. The number of nitrogens with zero attached hydrogens (tertiary/aromatic N) is 1. The second kappa shape index (κ2) is 3.87. The van der Waals surface area contributed by atoms with E-state index in [4.69, 9.17) is 0 Å². The zero-order valence-corrected chi connectivity index (χ0v) is 8.74. The molecule has 0 amide bonds. The van der Waals surface area contributed by atoms with Crippen molar-refractivity contribution in [2.24, 2.45) is 5.92 Å². The first-order chi connectivity index (χ1) is 6.77. The third kappa shape index (κ3) is 1.82. The van der Waals surface area contributed by atoms with Gasteiger partial charge in [0.15, 0.2) is 0 Å². The summed E-state index contributed by atoms with van der Waals surface area (Å²) in [5, 5.41) is 0. The lowest BCUT2D eigenvalue weighted by Crippen LogP contribution is -2.17. The fourth-order valence-electron chi connectivity index (χ4n) is 1.99. The van der Waals surface area contributed by atoms with E-state index in [0.717, 1.165) is 19.0 Å². The van der Waals surface area contributed by atoms with Crippen LogP contribution >= 0.6 is 0 Å². The molecule has 1 nitrogen and oxygen atoms in total. The van der Waals surface area contributed by atoms with E-state index in [2.05, 4.69) is 42.7 Å². The molecule has 0 radical (unpaired) electrons. The number of hydrogen-bond acceptors (Lipinski definition) is 1. The van der Waals surface area contributed by atoms with Crippen molar-refractivity contribution < 1.29 is 0 Å². The second-order valence-corrected chi connectivity index (χ2v) is 4.15. The lowest BCUT2D eigenvalue weighted by molar-refractivity contribution is 0.472. The molecule has 0 spiro atoms. The highest BCUT2D eigenvalue weighted by Gasteiger charge is 2.19. The van der Waals surface area contributed by atoms with Crippen LogP contribution < -0.4 is 0 Å². The van der Waals surface area contributed by atoms with Crippen LogP contribution in [0, 0.1) is 5.92 Å². The highest BCUT2D eigenvalue weighted by Crippen LogP contribution is 2.24. The van der Waals surface area contributed by atoms with Crippen LogP contribution in [0.1, 0.15) is 18.9 Å². The summed E-state index contributed by atoms with van der Waals surface area (Å²) in [6.07, 6.45) is 1.30. The van der Waals surface area contributed by atoms with Crippen LogP contribution in [-0.2, 0) is 0 Å². The zero-order valence-electron chi connectivity index (χ0n) is 8.74. The summed E-state index contributed by atoms with van der Waals surface area (Å²) in [6.45, 7) is 8.79. The molecule has 74 valence electrons. The van der Waals surface area contributed by atoms with E-state index in [1.807, 2.05) is 6.07 Å². The first-order valence-corrected chi connectivity index (χ1v) is 5.26. The summed E-state index contributed by atoms with van der Waals surface area (Å²) in [5.74, 6) is 0.815. The van der Waals surface area contributed by atoms with Gasteiger partial charge in [-0.25, -0.2) is 0 Å². The minimum Gasteiger partial charge on any atom is -0.371 e.